The van der Waals surface area contributed by atoms with Gasteiger partial charge in [-0.25, -0.2) is 4.39 Å². The van der Waals surface area contributed by atoms with Gasteiger partial charge in [-0.2, -0.15) is 5.26 Å². The highest BCUT2D eigenvalue weighted by molar-refractivity contribution is 6.09. The van der Waals surface area contributed by atoms with E-state index in [0.29, 0.717) is 28.3 Å². The number of benzene rings is 3. The molecule has 3 rings (SSSR count). The number of hydrogen-bond donors (Lipinski definition) is 1. The molecule has 0 fully saturated rings. The van der Waals surface area contributed by atoms with E-state index in [1.54, 1.807) is 66.7 Å². The van der Waals surface area contributed by atoms with Crippen LogP contribution in [0.2, 0.25) is 0 Å². The lowest BCUT2D eigenvalue weighted by molar-refractivity contribution is -0.112. The summed E-state index contributed by atoms with van der Waals surface area (Å²) in [6.07, 6.45) is 1.50. The van der Waals surface area contributed by atoms with Crippen molar-refractivity contribution >= 4 is 17.7 Å². The Labute approximate surface area is 186 Å². The van der Waals surface area contributed by atoms with E-state index in [1.807, 2.05) is 19.9 Å². The van der Waals surface area contributed by atoms with Crippen LogP contribution in [-0.2, 0) is 11.4 Å². The van der Waals surface area contributed by atoms with Crippen LogP contribution >= 0.6 is 0 Å². The molecule has 1 N–H and O–H groups in total. The summed E-state index contributed by atoms with van der Waals surface area (Å²) in [5.41, 5.74) is 1.61. The van der Waals surface area contributed by atoms with Crippen molar-refractivity contribution in [2.75, 3.05) is 5.32 Å². The van der Waals surface area contributed by atoms with Crippen molar-refractivity contribution in [2.24, 2.45) is 0 Å². The number of nitrogens with one attached hydrogen (secondary N) is 1. The lowest BCUT2D eigenvalue weighted by Crippen LogP contribution is -2.13. The average molecular weight is 430 g/mol. The van der Waals surface area contributed by atoms with Crippen molar-refractivity contribution < 1.29 is 18.7 Å². The molecule has 0 aromatic heterocycles. The number of halogens is 1. The summed E-state index contributed by atoms with van der Waals surface area (Å²) in [5.74, 6) is 0.341. The van der Waals surface area contributed by atoms with E-state index in [4.69, 9.17) is 9.47 Å². The summed E-state index contributed by atoms with van der Waals surface area (Å²) < 4.78 is 24.9. The average Bonchev–Trinajstić information content (AvgIpc) is 2.77. The van der Waals surface area contributed by atoms with E-state index in [2.05, 4.69) is 5.32 Å². The number of anilines is 1. The van der Waals surface area contributed by atoms with Crippen LogP contribution < -0.4 is 14.8 Å². The number of nitriles is 1. The maximum absolute atomic E-state index is 13.7. The number of carbonyl (C=O) groups is 1. The predicted octanol–water partition coefficient (Wildman–Crippen LogP) is 5.74. The summed E-state index contributed by atoms with van der Waals surface area (Å²) in [5, 5.41) is 12.1. The second-order valence-corrected chi connectivity index (χ2v) is 7.27. The van der Waals surface area contributed by atoms with Gasteiger partial charge in [0.05, 0.1) is 6.10 Å². The van der Waals surface area contributed by atoms with Gasteiger partial charge >= 0.3 is 0 Å². The first-order chi connectivity index (χ1) is 15.4. The lowest BCUT2D eigenvalue weighted by Gasteiger charge is -2.11. The van der Waals surface area contributed by atoms with Crippen LogP contribution in [0, 0.1) is 17.1 Å². The van der Waals surface area contributed by atoms with Crippen molar-refractivity contribution in [3.05, 3.63) is 95.3 Å². The standard InChI is InChI=1S/C26H23FN2O3/c1-18(2)32-24-8-5-7-22(15-24)29-26(30)21(16-28)14-19-10-12-23(13-11-19)31-17-20-6-3-4-9-25(20)27/h3-15,18H,17H2,1-2H3,(H,29,30)/b21-14-. The highest BCUT2D eigenvalue weighted by atomic mass is 19.1. The third-order valence-electron chi connectivity index (χ3n) is 4.37. The van der Waals surface area contributed by atoms with E-state index in [-0.39, 0.29) is 24.1 Å². The maximum Gasteiger partial charge on any atom is 0.266 e. The van der Waals surface area contributed by atoms with E-state index < -0.39 is 5.91 Å². The molecule has 32 heavy (non-hydrogen) atoms. The SMILES string of the molecule is CC(C)Oc1cccc(NC(=O)/C(C#N)=C\c2ccc(OCc3ccccc3F)cc2)c1. The first kappa shape index (κ1) is 22.6. The molecule has 3 aromatic rings. The molecule has 3 aromatic carbocycles. The Balaban J connectivity index is 1.65. The van der Waals surface area contributed by atoms with Crippen molar-refractivity contribution in [3.8, 4) is 17.6 Å². The lowest BCUT2D eigenvalue weighted by atomic mass is 10.1. The molecule has 0 aliphatic rings. The third kappa shape index (κ3) is 6.44. The monoisotopic (exact) mass is 430 g/mol. The Morgan fingerprint density at radius 1 is 1.06 bits per heavy atom. The molecule has 5 nitrogen and oxygen atoms in total. The van der Waals surface area contributed by atoms with E-state index >= 15 is 0 Å². The molecule has 0 heterocycles. The summed E-state index contributed by atoms with van der Waals surface area (Å²) in [6.45, 7) is 3.93. The van der Waals surface area contributed by atoms with Gasteiger partial charge in [0.1, 0.15) is 35.6 Å². The van der Waals surface area contributed by atoms with Gasteiger partial charge in [-0.05, 0) is 55.8 Å². The highest BCUT2D eigenvalue weighted by Crippen LogP contribution is 2.20. The second kappa shape index (κ2) is 10.8. The number of hydrogen-bond acceptors (Lipinski definition) is 4. The number of rotatable bonds is 8. The largest absolute Gasteiger partial charge is 0.491 e. The summed E-state index contributed by atoms with van der Waals surface area (Å²) in [7, 11) is 0. The van der Waals surface area contributed by atoms with Gasteiger partial charge in [-0.1, -0.05) is 36.4 Å². The van der Waals surface area contributed by atoms with E-state index in [9.17, 15) is 14.4 Å². The van der Waals surface area contributed by atoms with Crippen molar-refractivity contribution in [2.45, 2.75) is 26.6 Å². The summed E-state index contributed by atoms with van der Waals surface area (Å²) in [4.78, 5) is 12.5. The summed E-state index contributed by atoms with van der Waals surface area (Å²) in [6, 6.07) is 22.2. The van der Waals surface area contributed by atoms with Crippen LogP contribution in [0.25, 0.3) is 6.08 Å². The second-order valence-electron chi connectivity index (χ2n) is 7.27. The Bertz CT molecular complexity index is 1150. The van der Waals surface area contributed by atoms with Gasteiger partial charge in [0.15, 0.2) is 0 Å². The molecule has 0 aliphatic heterocycles. The zero-order chi connectivity index (χ0) is 22.9. The van der Waals surface area contributed by atoms with Crippen LogP contribution in [-0.4, -0.2) is 12.0 Å². The molecule has 162 valence electrons. The number of ether oxygens (including phenoxy) is 2. The van der Waals surface area contributed by atoms with E-state index in [1.165, 1.54) is 12.1 Å². The fraction of sp³-hybridized carbons (Fsp3) is 0.154. The first-order valence-electron chi connectivity index (χ1n) is 10.1. The maximum atomic E-state index is 13.7. The van der Waals surface area contributed by atoms with Crippen LogP contribution in [0.5, 0.6) is 11.5 Å². The van der Waals surface area contributed by atoms with Crippen molar-refractivity contribution in [3.63, 3.8) is 0 Å². The van der Waals surface area contributed by atoms with Gasteiger partial charge in [0.2, 0.25) is 0 Å². The molecular weight excluding hydrogens is 407 g/mol. The molecule has 6 heteroatoms. The number of amides is 1. The third-order valence-corrected chi connectivity index (χ3v) is 4.37. The first-order valence-corrected chi connectivity index (χ1v) is 10.1. The molecule has 0 saturated carbocycles. The van der Waals surface area contributed by atoms with Crippen LogP contribution in [0.4, 0.5) is 10.1 Å². The molecule has 0 radical (unpaired) electrons. The fourth-order valence-corrected chi connectivity index (χ4v) is 2.87. The van der Waals surface area contributed by atoms with E-state index in [0.717, 1.165) is 0 Å². The molecule has 0 bridgehead atoms. The van der Waals surface area contributed by atoms with Crippen molar-refractivity contribution in [1.82, 2.24) is 0 Å². The normalized spacial score (nSPS) is 11.0. The quantitative estimate of drug-likeness (QED) is 0.366. The van der Waals surface area contributed by atoms with Gasteiger partial charge in [-0.3, -0.25) is 4.79 Å². The molecular formula is C26H23FN2O3. The Hall–Kier alpha value is -4.11. The van der Waals surface area contributed by atoms with Gasteiger partial charge < -0.3 is 14.8 Å². The minimum absolute atomic E-state index is 0.00850. The zero-order valence-corrected chi connectivity index (χ0v) is 17.8. The highest BCUT2D eigenvalue weighted by Gasteiger charge is 2.11. The number of nitrogens with zero attached hydrogens (tertiary/aromatic N) is 1. The molecule has 0 atom stereocenters. The predicted molar refractivity (Wildman–Crippen MR) is 122 cm³/mol. The molecule has 0 saturated heterocycles. The Morgan fingerprint density at radius 2 is 1.81 bits per heavy atom. The van der Waals surface area contributed by atoms with Crippen LogP contribution in [0.15, 0.2) is 78.4 Å². The van der Waals surface area contributed by atoms with Crippen LogP contribution in [0.1, 0.15) is 25.0 Å². The minimum Gasteiger partial charge on any atom is -0.491 e. The minimum atomic E-state index is -0.519. The Kier molecular flexibility index (Phi) is 7.60. The molecule has 0 aliphatic carbocycles. The van der Waals surface area contributed by atoms with Gasteiger partial charge in [0.25, 0.3) is 5.91 Å². The topological polar surface area (TPSA) is 71.3 Å². The Morgan fingerprint density at radius 3 is 2.50 bits per heavy atom. The summed E-state index contributed by atoms with van der Waals surface area (Å²) >= 11 is 0. The number of carbonyl (C=O) groups excluding carboxylic acids is 1. The molecule has 0 unspecified atom stereocenters. The molecule has 0 spiro atoms. The molecule has 1 amide bonds. The smallest absolute Gasteiger partial charge is 0.266 e. The zero-order valence-electron chi connectivity index (χ0n) is 17.8. The fourth-order valence-electron chi connectivity index (χ4n) is 2.87. The van der Waals surface area contributed by atoms with Crippen molar-refractivity contribution in [1.29, 1.82) is 5.26 Å². The van der Waals surface area contributed by atoms with Gasteiger partial charge in [0, 0.05) is 17.3 Å². The van der Waals surface area contributed by atoms with Gasteiger partial charge in [-0.15, -0.1) is 0 Å². The van der Waals surface area contributed by atoms with Crippen LogP contribution in [0.3, 0.4) is 0 Å².